The maximum atomic E-state index is 11.6. The first kappa shape index (κ1) is 12.5. The second-order valence-electron chi connectivity index (χ2n) is 3.80. The van der Waals surface area contributed by atoms with Crippen LogP contribution in [0.25, 0.3) is 6.08 Å². The molecule has 0 spiro atoms. The largest absolute Gasteiger partial charge is 0.465 e. The zero-order valence-corrected chi connectivity index (χ0v) is 10.6. The Morgan fingerprint density at radius 1 is 1.39 bits per heavy atom. The van der Waals surface area contributed by atoms with Crippen LogP contribution in [-0.2, 0) is 4.79 Å². The summed E-state index contributed by atoms with van der Waals surface area (Å²) < 4.78 is 5.08. The van der Waals surface area contributed by atoms with E-state index in [0.717, 1.165) is 5.56 Å². The highest BCUT2D eigenvalue weighted by atomic mass is 35.5. The number of nitrogens with one attached hydrogen (secondary N) is 1. The van der Waals surface area contributed by atoms with E-state index in [4.69, 9.17) is 16.0 Å². The molecule has 0 aliphatic heterocycles. The highest BCUT2D eigenvalue weighted by Gasteiger charge is 2.01. The fourth-order valence-corrected chi connectivity index (χ4v) is 1.58. The molecule has 3 nitrogen and oxygen atoms in total. The van der Waals surface area contributed by atoms with Gasteiger partial charge in [0, 0.05) is 16.8 Å². The van der Waals surface area contributed by atoms with Crippen LogP contribution < -0.4 is 5.32 Å². The van der Waals surface area contributed by atoms with Crippen LogP contribution in [0.3, 0.4) is 0 Å². The van der Waals surface area contributed by atoms with Crippen molar-refractivity contribution in [3.63, 3.8) is 0 Å². The normalized spacial score (nSPS) is 10.8. The number of rotatable bonds is 3. The summed E-state index contributed by atoms with van der Waals surface area (Å²) in [6.45, 7) is 1.91. The van der Waals surface area contributed by atoms with Crippen LogP contribution >= 0.6 is 11.6 Å². The fraction of sp³-hybridized carbons (Fsp3) is 0.0714. The number of halogens is 1. The van der Waals surface area contributed by atoms with Crippen molar-refractivity contribution >= 4 is 29.3 Å². The Balaban J connectivity index is 2.01. The highest BCUT2D eigenvalue weighted by Crippen LogP contribution is 2.19. The summed E-state index contributed by atoms with van der Waals surface area (Å²) in [6.07, 6.45) is 4.56. The van der Waals surface area contributed by atoms with Crippen molar-refractivity contribution < 1.29 is 9.21 Å². The summed E-state index contributed by atoms with van der Waals surface area (Å²) >= 11 is 5.97. The number of carbonyl (C=O) groups is 1. The molecular weight excluding hydrogens is 250 g/mol. The quantitative estimate of drug-likeness (QED) is 0.852. The van der Waals surface area contributed by atoms with Crippen molar-refractivity contribution in [3.05, 3.63) is 59.0 Å². The maximum absolute atomic E-state index is 11.6. The van der Waals surface area contributed by atoms with Gasteiger partial charge in [0.05, 0.1) is 6.26 Å². The molecule has 0 atom stereocenters. The standard InChI is InChI=1S/C14H12ClNO2/c1-10-4-5-11(9-13(10)15)16-14(17)7-6-12-3-2-8-18-12/h2-9H,1H3,(H,16,17). The van der Waals surface area contributed by atoms with E-state index in [0.29, 0.717) is 16.5 Å². The topological polar surface area (TPSA) is 42.2 Å². The monoisotopic (exact) mass is 261 g/mol. The van der Waals surface area contributed by atoms with E-state index in [9.17, 15) is 4.79 Å². The predicted molar refractivity (Wildman–Crippen MR) is 72.6 cm³/mol. The van der Waals surface area contributed by atoms with Crippen molar-refractivity contribution in [2.45, 2.75) is 6.92 Å². The zero-order chi connectivity index (χ0) is 13.0. The first-order valence-electron chi connectivity index (χ1n) is 5.44. The first-order valence-corrected chi connectivity index (χ1v) is 5.81. The zero-order valence-electron chi connectivity index (χ0n) is 9.81. The van der Waals surface area contributed by atoms with Gasteiger partial charge in [-0.15, -0.1) is 0 Å². The number of hydrogen-bond donors (Lipinski definition) is 1. The van der Waals surface area contributed by atoms with E-state index < -0.39 is 0 Å². The number of aryl methyl sites for hydroxylation is 1. The smallest absolute Gasteiger partial charge is 0.248 e. The van der Waals surface area contributed by atoms with Gasteiger partial charge in [-0.1, -0.05) is 17.7 Å². The van der Waals surface area contributed by atoms with Crippen LogP contribution in [0.4, 0.5) is 5.69 Å². The molecule has 0 radical (unpaired) electrons. The van der Waals surface area contributed by atoms with Gasteiger partial charge in [0.2, 0.25) is 5.91 Å². The molecule has 0 unspecified atom stereocenters. The molecule has 18 heavy (non-hydrogen) atoms. The summed E-state index contributed by atoms with van der Waals surface area (Å²) in [6, 6.07) is 8.91. The van der Waals surface area contributed by atoms with Crippen LogP contribution in [0.2, 0.25) is 5.02 Å². The minimum absolute atomic E-state index is 0.230. The lowest BCUT2D eigenvalue weighted by Gasteiger charge is -2.04. The third-order valence-corrected chi connectivity index (χ3v) is 2.79. The van der Waals surface area contributed by atoms with E-state index in [-0.39, 0.29) is 5.91 Å². The molecule has 1 N–H and O–H groups in total. The average molecular weight is 262 g/mol. The minimum atomic E-state index is -0.230. The van der Waals surface area contributed by atoms with Crippen LogP contribution in [0.5, 0.6) is 0 Å². The predicted octanol–water partition coefficient (Wildman–Crippen LogP) is 3.89. The van der Waals surface area contributed by atoms with Gasteiger partial charge < -0.3 is 9.73 Å². The Morgan fingerprint density at radius 2 is 2.22 bits per heavy atom. The average Bonchev–Trinajstić information content (AvgIpc) is 2.84. The van der Waals surface area contributed by atoms with Crippen LogP contribution in [0.15, 0.2) is 47.1 Å². The molecule has 1 aromatic carbocycles. The van der Waals surface area contributed by atoms with E-state index >= 15 is 0 Å². The third-order valence-electron chi connectivity index (χ3n) is 2.38. The van der Waals surface area contributed by atoms with Gasteiger partial charge in [0.15, 0.2) is 0 Å². The Kier molecular flexibility index (Phi) is 3.85. The molecule has 0 fully saturated rings. The van der Waals surface area contributed by atoms with Crippen molar-refractivity contribution in [3.8, 4) is 0 Å². The number of anilines is 1. The first-order chi connectivity index (χ1) is 8.65. The molecule has 0 saturated carbocycles. The molecule has 0 bridgehead atoms. The van der Waals surface area contributed by atoms with Gasteiger partial charge >= 0.3 is 0 Å². The summed E-state index contributed by atoms with van der Waals surface area (Å²) in [5.74, 6) is 0.401. The SMILES string of the molecule is Cc1ccc(NC(=O)C=Cc2ccco2)cc1Cl. The number of hydrogen-bond acceptors (Lipinski definition) is 2. The van der Waals surface area contributed by atoms with Gasteiger partial charge in [0.1, 0.15) is 5.76 Å². The Hall–Kier alpha value is -2.00. The van der Waals surface area contributed by atoms with Gasteiger partial charge in [-0.25, -0.2) is 0 Å². The van der Waals surface area contributed by atoms with Crippen molar-refractivity contribution in [2.75, 3.05) is 5.32 Å². The Morgan fingerprint density at radius 3 is 2.89 bits per heavy atom. The van der Waals surface area contributed by atoms with E-state index in [1.54, 1.807) is 36.6 Å². The van der Waals surface area contributed by atoms with Gasteiger partial charge in [-0.2, -0.15) is 0 Å². The molecule has 1 aromatic heterocycles. The van der Waals surface area contributed by atoms with Crippen molar-refractivity contribution in [1.82, 2.24) is 0 Å². The molecule has 92 valence electrons. The minimum Gasteiger partial charge on any atom is -0.465 e. The van der Waals surface area contributed by atoms with Gasteiger partial charge in [-0.05, 0) is 42.8 Å². The van der Waals surface area contributed by atoms with Crippen molar-refractivity contribution in [2.24, 2.45) is 0 Å². The Labute approximate surface area is 110 Å². The molecule has 0 aliphatic carbocycles. The lowest BCUT2D eigenvalue weighted by Crippen LogP contribution is -2.07. The maximum Gasteiger partial charge on any atom is 0.248 e. The summed E-state index contributed by atoms with van der Waals surface area (Å²) in [5, 5.41) is 3.35. The second-order valence-corrected chi connectivity index (χ2v) is 4.21. The number of carbonyl (C=O) groups excluding carboxylic acids is 1. The van der Waals surface area contributed by atoms with E-state index in [1.165, 1.54) is 6.08 Å². The van der Waals surface area contributed by atoms with Crippen LogP contribution in [0, 0.1) is 6.92 Å². The molecule has 2 aromatic rings. The van der Waals surface area contributed by atoms with Crippen LogP contribution in [-0.4, -0.2) is 5.91 Å². The van der Waals surface area contributed by atoms with E-state index in [2.05, 4.69) is 5.32 Å². The second kappa shape index (κ2) is 5.56. The van der Waals surface area contributed by atoms with Crippen LogP contribution in [0.1, 0.15) is 11.3 Å². The van der Waals surface area contributed by atoms with Crippen molar-refractivity contribution in [1.29, 1.82) is 0 Å². The molecule has 1 heterocycles. The molecule has 1 amide bonds. The van der Waals surface area contributed by atoms with Gasteiger partial charge in [0.25, 0.3) is 0 Å². The molecular formula is C14H12ClNO2. The highest BCUT2D eigenvalue weighted by molar-refractivity contribution is 6.31. The van der Waals surface area contributed by atoms with E-state index in [1.807, 2.05) is 13.0 Å². The number of benzene rings is 1. The fourth-order valence-electron chi connectivity index (χ4n) is 1.40. The Bertz CT molecular complexity index is 573. The molecule has 4 heteroatoms. The molecule has 0 aliphatic rings. The summed E-state index contributed by atoms with van der Waals surface area (Å²) in [7, 11) is 0. The lowest BCUT2D eigenvalue weighted by atomic mass is 10.2. The lowest BCUT2D eigenvalue weighted by molar-refractivity contribution is -0.111. The molecule has 2 rings (SSSR count). The number of furan rings is 1. The summed E-state index contributed by atoms with van der Waals surface area (Å²) in [4.78, 5) is 11.6. The molecule has 0 saturated heterocycles. The summed E-state index contributed by atoms with van der Waals surface area (Å²) in [5.41, 5.74) is 1.64. The number of amides is 1. The third kappa shape index (κ3) is 3.25. The van der Waals surface area contributed by atoms with Gasteiger partial charge in [-0.3, -0.25) is 4.79 Å².